The lowest BCUT2D eigenvalue weighted by Gasteiger charge is -2.18. The summed E-state index contributed by atoms with van der Waals surface area (Å²) in [5, 5.41) is 3.24. The van der Waals surface area contributed by atoms with Crippen molar-refractivity contribution in [3.63, 3.8) is 0 Å². The Balaban J connectivity index is 0.00000112. The number of hydrogen-bond donors (Lipinski definition) is 1. The highest BCUT2D eigenvalue weighted by Gasteiger charge is 2.17. The Bertz CT molecular complexity index is 329. The van der Waals surface area contributed by atoms with Gasteiger partial charge in [0.15, 0.2) is 0 Å². The molecule has 2 heterocycles. The summed E-state index contributed by atoms with van der Waals surface area (Å²) in [4.78, 5) is 8.40. The van der Waals surface area contributed by atoms with Gasteiger partial charge in [-0.25, -0.2) is 0 Å². The van der Waals surface area contributed by atoms with Gasteiger partial charge in [-0.2, -0.15) is 9.97 Å². The molecule has 1 N–H and O–H groups in total. The predicted molar refractivity (Wildman–Crippen MR) is 57.8 cm³/mol. The number of rotatable bonds is 2. The van der Waals surface area contributed by atoms with Gasteiger partial charge in [-0.3, -0.25) is 0 Å². The van der Waals surface area contributed by atoms with E-state index in [1.807, 2.05) is 0 Å². The number of fused-ring (bicyclic) bond motifs is 1. The number of nitrogens with one attached hydrogen (secondary N) is 1. The number of halogens is 1. The van der Waals surface area contributed by atoms with Gasteiger partial charge < -0.3 is 14.8 Å². The molecule has 0 atom stereocenters. The van der Waals surface area contributed by atoms with Crippen LogP contribution < -0.4 is 14.8 Å². The maximum absolute atomic E-state index is 5.20. The Kier molecular flexibility index (Phi) is 4.11. The van der Waals surface area contributed by atoms with Gasteiger partial charge in [0.05, 0.1) is 19.9 Å². The molecule has 0 unspecified atom stereocenters. The molecule has 2 rings (SSSR count). The summed E-state index contributed by atoms with van der Waals surface area (Å²) in [7, 11) is 3.17. The topological polar surface area (TPSA) is 56.3 Å². The van der Waals surface area contributed by atoms with Crippen LogP contribution in [0.2, 0.25) is 0 Å². The normalized spacial score (nSPS) is 13.7. The number of aromatic nitrogens is 2. The molecule has 1 aromatic rings. The van der Waals surface area contributed by atoms with E-state index in [0.717, 1.165) is 30.8 Å². The first-order chi connectivity index (χ1) is 6.85. The van der Waals surface area contributed by atoms with E-state index < -0.39 is 0 Å². The molecule has 0 saturated heterocycles. The molecule has 0 radical (unpaired) electrons. The van der Waals surface area contributed by atoms with Crippen molar-refractivity contribution in [2.45, 2.75) is 13.0 Å². The summed E-state index contributed by atoms with van der Waals surface area (Å²) in [6, 6.07) is 0.365. The monoisotopic (exact) mass is 231 g/mol. The molecule has 6 heteroatoms. The second kappa shape index (κ2) is 5.14. The highest BCUT2D eigenvalue weighted by Crippen LogP contribution is 2.23. The molecule has 1 aliphatic rings. The molecule has 0 fully saturated rings. The Labute approximate surface area is 94.6 Å². The highest BCUT2D eigenvalue weighted by molar-refractivity contribution is 5.85. The van der Waals surface area contributed by atoms with Gasteiger partial charge in [-0.05, 0) is 13.0 Å². The van der Waals surface area contributed by atoms with Gasteiger partial charge >= 0.3 is 6.01 Å². The molecule has 0 bridgehead atoms. The molecule has 15 heavy (non-hydrogen) atoms. The molecule has 84 valence electrons. The molecule has 1 aliphatic heterocycles. The van der Waals surface area contributed by atoms with Gasteiger partial charge in [0.25, 0.3) is 0 Å². The fourth-order valence-electron chi connectivity index (χ4n) is 1.56. The van der Waals surface area contributed by atoms with Gasteiger partial charge in [0.1, 0.15) is 0 Å². The molecule has 5 nitrogen and oxygen atoms in total. The summed E-state index contributed by atoms with van der Waals surface area (Å²) < 4.78 is 10.2. The summed E-state index contributed by atoms with van der Waals surface area (Å²) in [5.41, 5.74) is 2.06. The first kappa shape index (κ1) is 12.0. The molecule has 0 saturated carbocycles. The molecule has 0 aliphatic carbocycles. The SMILES string of the molecule is COc1nc2c(c(OC)n1)CCNC2.Cl. The molecule has 1 aromatic heterocycles. The largest absolute Gasteiger partial charge is 0.481 e. The standard InChI is InChI=1S/C9H13N3O2.ClH/c1-13-8-6-3-4-10-5-7(6)11-9(12-8)14-2;/h10H,3-5H2,1-2H3;1H. The van der Waals surface area contributed by atoms with Gasteiger partial charge in [-0.1, -0.05) is 0 Å². The quantitative estimate of drug-likeness (QED) is 0.806. The van der Waals surface area contributed by atoms with E-state index in [2.05, 4.69) is 15.3 Å². The second-order valence-electron chi connectivity index (χ2n) is 3.07. The van der Waals surface area contributed by atoms with Crippen LogP contribution in [-0.2, 0) is 13.0 Å². The minimum atomic E-state index is 0. The number of ether oxygens (including phenoxy) is 2. The first-order valence-corrected chi connectivity index (χ1v) is 4.53. The Hall–Kier alpha value is -1.07. The zero-order valence-electron chi connectivity index (χ0n) is 8.74. The number of hydrogen-bond acceptors (Lipinski definition) is 5. The van der Waals surface area contributed by atoms with E-state index in [9.17, 15) is 0 Å². The average Bonchev–Trinajstić information content (AvgIpc) is 2.27. The molecule has 0 amide bonds. The van der Waals surface area contributed by atoms with E-state index >= 15 is 0 Å². The van der Waals surface area contributed by atoms with E-state index in [-0.39, 0.29) is 12.4 Å². The summed E-state index contributed by atoms with van der Waals surface area (Å²) in [6.45, 7) is 1.70. The van der Waals surface area contributed by atoms with Crippen LogP contribution in [0, 0.1) is 0 Å². The summed E-state index contributed by atoms with van der Waals surface area (Å²) >= 11 is 0. The van der Waals surface area contributed by atoms with E-state index in [0.29, 0.717) is 11.9 Å². The lowest BCUT2D eigenvalue weighted by Crippen LogP contribution is -2.25. The van der Waals surface area contributed by atoms with Crippen molar-refractivity contribution in [3.05, 3.63) is 11.3 Å². The maximum atomic E-state index is 5.20. The lowest BCUT2D eigenvalue weighted by molar-refractivity contribution is 0.343. The fraction of sp³-hybridized carbons (Fsp3) is 0.556. The van der Waals surface area contributed by atoms with Crippen LogP contribution in [0.3, 0.4) is 0 Å². The van der Waals surface area contributed by atoms with Crippen molar-refractivity contribution in [2.24, 2.45) is 0 Å². The van der Waals surface area contributed by atoms with Crippen LogP contribution in [0.25, 0.3) is 0 Å². The van der Waals surface area contributed by atoms with Gasteiger partial charge in [-0.15, -0.1) is 12.4 Å². The maximum Gasteiger partial charge on any atom is 0.319 e. The predicted octanol–water partition coefficient (Wildman–Crippen LogP) is 0.561. The average molecular weight is 232 g/mol. The third-order valence-electron chi connectivity index (χ3n) is 2.25. The van der Waals surface area contributed by atoms with Gasteiger partial charge in [0.2, 0.25) is 5.88 Å². The Morgan fingerprint density at radius 2 is 2.00 bits per heavy atom. The van der Waals surface area contributed by atoms with Crippen LogP contribution in [0.5, 0.6) is 11.9 Å². The zero-order chi connectivity index (χ0) is 9.97. The third kappa shape index (κ3) is 2.30. The van der Waals surface area contributed by atoms with Crippen molar-refractivity contribution in [3.8, 4) is 11.9 Å². The number of nitrogens with zero attached hydrogens (tertiary/aromatic N) is 2. The van der Waals surface area contributed by atoms with Crippen LogP contribution in [0.15, 0.2) is 0 Å². The van der Waals surface area contributed by atoms with Crippen LogP contribution in [0.1, 0.15) is 11.3 Å². The van der Waals surface area contributed by atoms with Crippen LogP contribution >= 0.6 is 12.4 Å². The van der Waals surface area contributed by atoms with Crippen molar-refractivity contribution in [1.29, 1.82) is 0 Å². The van der Waals surface area contributed by atoms with Crippen molar-refractivity contribution < 1.29 is 9.47 Å². The van der Waals surface area contributed by atoms with E-state index in [1.165, 1.54) is 0 Å². The second-order valence-corrected chi connectivity index (χ2v) is 3.07. The fourth-order valence-corrected chi connectivity index (χ4v) is 1.56. The van der Waals surface area contributed by atoms with E-state index in [1.54, 1.807) is 14.2 Å². The van der Waals surface area contributed by atoms with E-state index in [4.69, 9.17) is 9.47 Å². The minimum absolute atomic E-state index is 0. The zero-order valence-corrected chi connectivity index (χ0v) is 9.56. The summed E-state index contributed by atoms with van der Waals surface area (Å²) in [6.07, 6.45) is 0.905. The molecule has 0 aromatic carbocycles. The Morgan fingerprint density at radius 1 is 1.20 bits per heavy atom. The Morgan fingerprint density at radius 3 is 2.67 bits per heavy atom. The van der Waals surface area contributed by atoms with Crippen molar-refractivity contribution in [2.75, 3.05) is 20.8 Å². The highest BCUT2D eigenvalue weighted by atomic mass is 35.5. The third-order valence-corrected chi connectivity index (χ3v) is 2.25. The van der Waals surface area contributed by atoms with Crippen LogP contribution in [-0.4, -0.2) is 30.7 Å². The summed E-state index contributed by atoms with van der Waals surface area (Å²) in [5.74, 6) is 0.633. The van der Waals surface area contributed by atoms with Crippen LogP contribution in [0.4, 0.5) is 0 Å². The smallest absolute Gasteiger partial charge is 0.319 e. The first-order valence-electron chi connectivity index (χ1n) is 4.53. The molecular formula is C9H14ClN3O2. The lowest BCUT2D eigenvalue weighted by atomic mass is 10.1. The van der Waals surface area contributed by atoms with Gasteiger partial charge in [0, 0.05) is 12.1 Å². The molecule has 0 spiro atoms. The molecular weight excluding hydrogens is 218 g/mol. The number of methoxy groups -OCH3 is 2. The van der Waals surface area contributed by atoms with Crippen molar-refractivity contribution >= 4 is 12.4 Å². The minimum Gasteiger partial charge on any atom is -0.481 e. The van der Waals surface area contributed by atoms with Crippen molar-refractivity contribution in [1.82, 2.24) is 15.3 Å².